The van der Waals surface area contributed by atoms with E-state index in [2.05, 4.69) is 15.1 Å². The number of hydrogen-bond donors (Lipinski definition) is 2. The van der Waals surface area contributed by atoms with Crippen LogP contribution in [-0.4, -0.2) is 37.2 Å². The van der Waals surface area contributed by atoms with Crippen molar-refractivity contribution in [3.63, 3.8) is 0 Å². The Kier molecular flexibility index (Phi) is 4.47. The molecule has 0 unspecified atom stereocenters. The van der Waals surface area contributed by atoms with Crippen molar-refractivity contribution in [1.29, 1.82) is 0 Å². The van der Waals surface area contributed by atoms with Crippen LogP contribution < -0.4 is 5.56 Å². The summed E-state index contributed by atoms with van der Waals surface area (Å²) < 4.78 is 1.56. The number of thioether (sulfide) groups is 1. The minimum atomic E-state index is -0.241. The zero-order valence-electron chi connectivity index (χ0n) is 11.5. The first-order chi connectivity index (χ1) is 10.7. The van der Waals surface area contributed by atoms with Gasteiger partial charge in [0.1, 0.15) is 5.39 Å². The van der Waals surface area contributed by atoms with Crippen molar-refractivity contribution in [3.05, 3.63) is 45.8 Å². The summed E-state index contributed by atoms with van der Waals surface area (Å²) in [7, 11) is 0. The van der Waals surface area contributed by atoms with Crippen molar-refractivity contribution in [1.82, 2.24) is 19.7 Å². The maximum Gasteiger partial charge on any atom is 0.262 e. The molecular formula is C14H13ClN4O2S. The summed E-state index contributed by atoms with van der Waals surface area (Å²) >= 11 is 7.58. The molecule has 2 aromatic heterocycles. The molecule has 0 spiro atoms. The zero-order valence-corrected chi connectivity index (χ0v) is 13.1. The van der Waals surface area contributed by atoms with Crippen molar-refractivity contribution >= 4 is 34.4 Å². The second-order valence-corrected chi connectivity index (χ2v) is 6.03. The van der Waals surface area contributed by atoms with Gasteiger partial charge in [-0.2, -0.15) is 5.10 Å². The third-order valence-electron chi connectivity index (χ3n) is 3.04. The van der Waals surface area contributed by atoms with Gasteiger partial charge in [-0.05, 0) is 18.6 Å². The van der Waals surface area contributed by atoms with Gasteiger partial charge in [0.2, 0.25) is 0 Å². The Labute approximate surface area is 135 Å². The molecule has 0 saturated carbocycles. The van der Waals surface area contributed by atoms with Crippen molar-refractivity contribution in [2.24, 2.45) is 0 Å². The zero-order chi connectivity index (χ0) is 15.5. The molecule has 2 N–H and O–H groups in total. The summed E-state index contributed by atoms with van der Waals surface area (Å²) in [5, 5.41) is 14.5. The van der Waals surface area contributed by atoms with Crippen molar-refractivity contribution in [2.45, 2.75) is 11.6 Å². The molecule has 0 aliphatic rings. The van der Waals surface area contributed by atoms with Gasteiger partial charge in [-0.3, -0.25) is 4.79 Å². The molecule has 114 valence electrons. The Morgan fingerprint density at radius 3 is 2.95 bits per heavy atom. The highest BCUT2D eigenvalue weighted by Crippen LogP contribution is 2.23. The number of fused-ring (bicyclic) bond motifs is 1. The molecule has 0 amide bonds. The summed E-state index contributed by atoms with van der Waals surface area (Å²) in [4.78, 5) is 19.3. The van der Waals surface area contributed by atoms with E-state index in [4.69, 9.17) is 16.7 Å². The Morgan fingerprint density at radius 2 is 2.18 bits per heavy atom. The van der Waals surface area contributed by atoms with E-state index in [-0.39, 0.29) is 12.2 Å². The molecule has 0 aliphatic heterocycles. The van der Waals surface area contributed by atoms with Gasteiger partial charge >= 0.3 is 0 Å². The van der Waals surface area contributed by atoms with E-state index in [1.165, 1.54) is 18.0 Å². The number of halogens is 1. The molecule has 3 rings (SSSR count). The predicted molar refractivity (Wildman–Crippen MR) is 86.9 cm³/mol. The number of benzene rings is 1. The quantitative estimate of drug-likeness (QED) is 0.424. The minimum Gasteiger partial charge on any atom is -0.396 e. The van der Waals surface area contributed by atoms with E-state index in [1.807, 2.05) is 18.2 Å². The van der Waals surface area contributed by atoms with Crippen molar-refractivity contribution in [3.8, 4) is 5.69 Å². The molecule has 1 aromatic carbocycles. The molecule has 22 heavy (non-hydrogen) atoms. The summed E-state index contributed by atoms with van der Waals surface area (Å²) in [5.74, 6) is 0.672. The highest BCUT2D eigenvalue weighted by Gasteiger charge is 2.13. The van der Waals surface area contributed by atoms with Gasteiger partial charge in [0, 0.05) is 12.4 Å². The fourth-order valence-electron chi connectivity index (χ4n) is 2.00. The Balaban J connectivity index is 2.09. The van der Waals surface area contributed by atoms with E-state index in [1.54, 1.807) is 10.7 Å². The molecule has 0 atom stereocenters. The third-order valence-corrected chi connectivity index (χ3v) is 4.32. The van der Waals surface area contributed by atoms with Gasteiger partial charge < -0.3 is 10.1 Å². The highest BCUT2D eigenvalue weighted by molar-refractivity contribution is 7.99. The molecule has 0 fully saturated rings. The fourth-order valence-corrected chi connectivity index (χ4v) is 3.00. The first kappa shape index (κ1) is 15.1. The molecule has 6 nitrogen and oxygen atoms in total. The standard InChI is InChI=1S/C14H13ClN4O2S/c15-10-4-1-2-5-11(10)19-12-9(8-16-19)13(21)18-14(17-12)22-7-3-6-20/h1-2,4-5,8,20H,3,6-7H2,(H,17,18,21). The highest BCUT2D eigenvalue weighted by atomic mass is 35.5. The van der Waals surface area contributed by atoms with Gasteiger partial charge in [0.25, 0.3) is 5.56 Å². The van der Waals surface area contributed by atoms with Gasteiger partial charge in [0.05, 0.1) is 16.9 Å². The van der Waals surface area contributed by atoms with Crippen LogP contribution >= 0.6 is 23.4 Å². The average Bonchev–Trinajstić information content (AvgIpc) is 2.92. The van der Waals surface area contributed by atoms with Crippen molar-refractivity contribution < 1.29 is 5.11 Å². The minimum absolute atomic E-state index is 0.108. The van der Waals surface area contributed by atoms with Crippen LogP contribution in [0.5, 0.6) is 0 Å². The van der Waals surface area contributed by atoms with Crippen LogP contribution in [0.1, 0.15) is 6.42 Å². The van der Waals surface area contributed by atoms with E-state index in [0.717, 1.165) is 0 Å². The third kappa shape index (κ3) is 2.87. The SMILES string of the molecule is O=c1[nH]c(SCCCO)nc2c1cnn2-c1ccccc1Cl. The van der Waals surface area contributed by atoms with Crippen LogP contribution in [0.15, 0.2) is 40.4 Å². The second kappa shape index (κ2) is 6.51. The number of H-pyrrole nitrogens is 1. The lowest BCUT2D eigenvalue weighted by Crippen LogP contribution is -2.10. The fraction of sp³-hybridized carbons (Fsp3) is 0.214. The first-order valence-electron chi connectivity index (χ1n) is 6.67. The summed E-state index contributed by atoms with van der Waals surface area (Å²) in [6.45, 7) is 0.108. The monoisotopic (exact) mass is 336 g/mol. The topological polar surface area (TPSA) is 83.8 Å². The Morgan fingerprint density at radius 1 is 1.36 bits per heavy atom. The van der Waals surface area contributed by atoms with Gasteiger partial charge in [-0.15, -0.1) is 0 Å². The number of rotatable bonds is 5. The number of hydrogen-bond acceptors (Lipinski definition) is 5. The first-order valence-corrected chi connectivity index (χ1v) is 8.03. The molecule has 0 saturated heterocycles. The molecule has 3 aromatic rings. The van der Waals surface area contributed by atoms with E-state index < -0.39 is 0 Å². The number of aromatic amines is 1. The molecular weight excluding hydrogens is 324 g/mol. The van der Waals surface area contributed by atoms with E-state index in [9.17, 15) is 4.79 Å². The molecule has 0 aliphatic carbocycles. The average molecular weight is 337 g/mol. The van der Waals surface area contributed by atoms with E-state index in [0.29, 0.717) is 39.1 Å². The second-order valence-electron chi connectivity index (χ2n) is 4.54. The molecule has 2 heterocycles. The number of aromatic nitrogens is 4. The smallest absolute Gasteiger partial charge is 0.262 e. The number of nitrogens with one attached hydrogen (secondary N) is 1. The number of nitrogens with zero attached hydrogens (tertiary/aromatic N) is 3. The van der Waals surface area contributed by atoms with Gasteiger partial charge in [-0.1, -0.05) is 35.5 Å². The molecule has 0 radical (unpaired) electrons. The van der Waals surface area contributed by atoms with E-state index >= 15 is 0 Å². The van der Waals surface area contributed by atoms with Crippen LogP contribution in [0.4, 0.5) is 0 Å². The van der Waals surface area contributed by atoms with Crippen molar-refractivity contribution in [2.75, 3.05) is 12.4 Å². The lowest BCUT2D eigenvalue weighted by Gasteiger charge is -2.06. The number of aliphatic hydroxyl groups excluding tert-OH is 1. The van der Waals surface area contributed by atoms with Gasteiger partial charge in [0.15, 0.2) is 10.8 Å². The maximum atomic E-state index is 12.1. The lowest BCUT2D eigenvalue weighted by atomic mass is 10.3. The van der Waals surface area contributed by atoms with Crippen LogP contribution in [0.3, 0.4) is 0 Å². The molecule has 8 heteroatoms. The molecule has 0 bridgehead atoms. The Hall–Kier alpha value is -1.83. The summed E-state index contributed by atoms with van der Waals surface area (Å²) in [6.07, 6.45) is 2.11. The van der Waals surface area contributed by atoms with Crippen LogP contribution in [0, 0.1) is 0 Å². The van der Waals surface area contributed by atoms with Crippen LogP contribution in [0.25, 0.3) is 16.7 Å². The predicted octanol–water partition coefficient (Wildman–Crippen LogP) is 2.24. The Bertz CT molecular complexity index is 861. The lowest BCUT2D eigenvalue weighted by molar-refractivity contribution is 0.296. The van der Waals surface area contributed by atoms with Crippen LogP contribution in [0.2, 0.25) is 5.02 Å². The summed E-state index contributed by atoms with van der Waals surface area (Å²) in [5.41, 5.74) is 0.890. The number of aliphatic hydroxyl groups is 1. The van der Waals surface area contributed by atoms with Crippen LogP contribution in [-0.2, 0) is 0 Å². The number of para-hydroxylation sites is 1. The summed E-state index contributed by atoms with van der Waals surface area (Å²) in [6, 6.07) is 7.25. The van der Waals surface area contributed by atoms with Gasteiger partial charge in [-0.25, -0.2) is 9.67 Å². The normalized spacial score (nSPS) is 11.2. The largest absolute Gasteiger partial charge is 0.396 e. The maximum absolute atomic E-state index is 12.1.